The topological polar surface area (TPSA) is 87.9 Å². The molecule has 4 rings (SSSR count). The lowest BCUT2D eigenvalue weighted by atomic mass is 9.96. The van der Waals surface area contributed by atoms with Crippen molar-refractivity contribution in [2.45, 2.75) is 31.5 Å². The van der Waals surface area contributed by atoms with Gasteiger partial charge in [0.05, 0.1) is 16.9 Å². The van der Waals surface area contributed by atoms with Gasteiger partial charge in [0.25, 0.3) is 5.69 Å². The molecule has 2 aromatic rings. The molecule has 1 saturated carbocycles. The van der Waals surface area contributed by atoms with Gasteiger partial charge in [-0.25, -0.2) is 0 Å². The monoisotopic (exact) mass is 355 g/mol. The second-order valence-electron chi connectivity index (χ2n) is 6.49. The number of carbonyl (C=O) groups excluding carboxylic acids is 1. The number of non-ortho nitro benzene ring substituents is 1. The zero-order valence-corrected chi connectivity index (χ0v) is 14.0. The van der Waals surface area contributed by atoms with E-state index in [4.69, 9.17) is 14.2 Å². The third-order valence-corrected chi connectivity index (χ3v) is 4.81. The summed E-state index contributed by atoms with van der Waals surface area (Å²) in [4.78, 5) is 23.3. The van der Waals surface area contributed by atoms with Crippen molar-refractivity contribution in [2.75, 3.05) is 6.79 Å². The van der Waals surface area contributed by atoms with Gasteiger partial charge in [0.15, 0.2) is 6.79 Å². The van der Waals surface area contributed by atoms with Crippen molar-refractivity contribution in [1.29, 1.82) is 0 Å². The van der Waals surface area contributed by atoms with Gasteiger partial charge in [-0.1, -0.05) is 30.3 Å². The van der Waals surface area contributed by atoms with Crippen LogP contribution in [0.3, 0.4) is 0 Å². The quantitative estimate of drug-likeness (QED) is 0.465. The lowest BCUT2D eigenvalue weighted by Gasteiger charge is -2.21. The number of carbonyl (C=O) groups is 1. The highest BCUT2D eigenvalue weighted by Crippen LogP contribution is 2.49. The molecule has 1 heterocycles. The summed E-state index contributed by atoms with van der Waals surface area (Å²) in [7, 11) is 0. The van der Waals surface area contributed by atoms with Gasteiger partial charge in [-0.2, -0.15) is 0 Å². The van der Waals surface area contributed by atoms with Gasteiger partial charge in [-0.3, -0.25) is 14.9 Å². The van der Waals surface area contributed by atoms with Gasteiger partial charge in [0.2, 0.25) is 0 Å². The fourth-order valence-electron chi connectivity index (χ4n) is 3.27. The molecule has 0 amide bonds. The molecule has 2 aromatic carbocycles. The molecule has 1 aliphatic heterocycles. The summed E-state index contributed by atoms with van der Waals surface area (Å²) < 4.78 is 16.2. The van der Waals surface area contributed by atoms with Crippen molar-refractivity contribution in [2.24, 2.45) is 0 Å². The zero-order valence-electron chi connectivity index (χ0n) is 14.0. The molecule has 0 unspecified atom stereocenters. The van der Waals surface area contributed by atoms with E-state index < -0.39 is 10.3 Å². The van der Waals surface area contributed by atoms with Crippen LogP contribution >= 0.6 is 0 Å². The number of benzene rings is 2. The molecule has 7 nitrogen and oxygen atoms in total. The summed E-state index contributed by atoms with van der Waals surface area (Å²) in [5, 5.41) is 11.1. The lowest BCUT2D eigenvalue weighted by Crippen LogP contribution is -2.23. The lowest BCUT2D eigenvalue weighted by molar-refractivity contribution is -0.385. The number of nitrogens with zero attached hydrogens (tertiary/aromatic N) is 1. The number of rotatable bonds is 5. The van der Waals surface area contributed by atoms with Crippen molar-refractivity contribution in [3.05, 3.63) is 69.3 Å². The molecule has 134 valence electrons. The van der Waals surface area contributed by atoms with Crippen LogP contribution < -0.4 is 4.74 Å². The molecule has 0 spiro atoms. The van der Waals surface area contributed by atoms with Crippen molar-refractivity contribution in [3.63, 3.8) is 0 Å². The van der Waals surface area contributed by atoms with Crippen LogP contribution in [0.1, 0.15) is 29.5 Å². The van der Waals surface area contributed by atoms with Crippen LogP contribution in [0.2, 0.25) is 0 Å². The van der Waals surface area contributed by atoms with Crippen LogP contribution in [0.15, 0.2) is 42.5 Å². The van der Waals surface area contributed by atoms with Crippen LogP contribution in [-0.4, -0.2) is 17.7 Å². The normalized spacial score (nSPS) is 16.9. The summed E-state index contributed by atoms with van der Waals surface area (Å²) in [6.07, 6.45) is 1.49. The molecular weight excluding hydrogens is 338 g/mol. The Labute approximate surface area is 149 Å². The maximum Gasteiger partial charge on any atom is 0.316 e. The number of nitro benzene ring substituents is 1. The average Bonchev–Trinajstić information content (AvgIpc) is 3.48. The first-order valence-corrected chi connectivity index (χ1v) is 8.34. The Morgan fingerprint density at radius 3 is 2.69 bits per heavy atom. The number of ether oxygens (including phenoxy) is 3. The Bertz CT molecular complexity index is 860. The van der Waals surface area contributed by atoms with E-state index >= 15 is 0 Å². The number of nitro groups is 1. The highest BCUT2D eigenvalue weighted by atomic mass is 16.7. The first-order valence-electron chi connectivity index (χ1n) is 8.34. The van der Waals surface area contributed by atoms with Crippen LogP contribution in [0.25, 0.3) is 0 Å². The van der Waals surface area contributed by atoms with Crippen molar-refractivity contribution in [1.82, 2.24) is 0 Å². The van der Waals surface area contributed by atoms with Crippen LogP contribution in [0.5, 0.6) is 5.75 Å². The number of fused-ring (bicyclic) bond motifs is 1. The Morgan fingerprint density at radius 2 is 2.00 bits per heavy atom. The fraction of sp³-hybridized carbons (Fsp3) is 0.316. The van der Waals surface area contributed by atoms with Gasteiger partial charge >= 0.3 is 5.97 Å². The van der Waals surface area contributed by atoms with Crippen molar-refractivity contribution < 1.29 is 23.9 Å². The third kappa shape index (κ3) is 2.90. The summed E-state index contributed by atoms with van der Waals surface area (Å²) >= 11 is 0. The standard InChI is InChI=1S/C19H17NO6/c21-18(19(6-7-19)15-4-2-1-3-5-15)25-11-14-9-16(20(22)23)8-13-10-24-12-26-17(13)14/h1-5,8-9H,6-7,10-12H2. The van der Waals surface area contributed by atoms with E-state index in [1.165, 1.54) is 12.1 Å². The number of hydrogen-bond acceptors (Lipinski definition) is 6. The molecule has 0 N–H and O–H groups in total. The van der Waals surface area contributed by atoms with Crippen molar-refractivity contribution in [3.8, 4) is 5.75 Å². The summed E-state index contributed by atoms with van der Waals surface area (Å²) in [6, 6.07) is 12.3. The van der Waals surface area contributed by atoms with E-state index in [9.17, 15) is 14.9 Å². The Kier molecular flexibility index (Phi) is 4.08. The van der Waals surface area contributed by atoms with Crippen molar-refractivity contribution >= 4 is 11.7 Å². The number of hydrogen-bond donors (Lipinski definition) is 0. The van der Waals surface area contributed by atoms with E-state index in [0.717, 1.165) is 18.4 Å². The molecule has 0 atom stereocenters. The first-order chi connectivity index (χ1) is 12.6. The molecule has 0 aromatic heterocycles. The minimum absolute atomic E-state index is 0.0692. The minimum Gasteiger partial charge on any atom is -0.467 e. The van der Waals surface area contributed by atoms with E-state index in [1.807, 2.05) is 30.3 Å². The number of esters is 1. The molecule has 7 heteroatoms. The van der Waals surface area contributed by atoms with E-state index in [2.05, 4.69) is 0 Å². The summed E-state index contributed by atoms with van der Waals surface area (Å²) in [6.45, 7) is 0.225. The largest absolute Gasteiger partial charge is 0.467 e. The molecule has 0 radical (unpaired) electrons. The highest BCUT2D eigenvalue weighted by Gasteiger charge is 2.52. The van der Waals surface area contributed by atoms with Crippen LogP contribution in [-0.2, 0) is 32.9 Å². The predicted octanol–water partition coefficient (Wildman–Crippen LogP) is 3.24. The smallest absolute Gasteiger partial charge is 0.316 e. The molecule has 26 heavy (non-hydrogen) atoms. The Balaban J connectivity index is 1.55. The average molecular weight is 355 g/mol. The molecule has 2 aliphatic rings. The summed E-state index contributed by atoms with van der Waals surface area (Å²) in [5.74, 6) is 0.190. The Morgan fingerprint density at radius 1 is 1.23 bits per heavy atom. The van der Waals surface area contributed by atoms with Gasteiger partial charge in [0.1, 0.15) is 12.4 Å². The van der Waals surface area contributed by atoms with Gasteiger partial charge in [0, 0.05) is 23.3 Å². The zero-order chi connectivity index (χ0) is 18.1. The van der Waals surface area contributed by atoms with E-state index in [0.29, 0.717) is 16.9 Å². The van der Waals surface area contributed by atoms with Crippen LogP contribution in [0.4, 0.5) is 5.69 Å². The minimum atomic E-state index is -0.591. The SMILES string of the molecule is O=C(OCc1cc([N+](=O)[O-])cc2c1OCOC2)C1(c2ccccc2)CC1. The second kappa shape index (κ2) is 6.42. The highest BCUT2D eigenvalue weighted by molar-refractivity contribution is 5.86. The maximum absolute atomic E-state index is 12.7. The first kappa shape index (κ1) is 16.5. The van der Waals surface area contributed by atoms with Gasteiger partial charge in [-0.05, 0) is 18.4 Å². The molecule has 0 bridgehead atoms. The van der Waals surface area contributed by atoms with Crippen LogP contribution in [0, 0.1) is 10.1 Å². The van der Waals surface area contributed by atoms with Gasteiger partial charge < -0.3 is 14.2 Å². The Hall–Kier alpha value is -2.93. The second-order valence-corrected chi connectivity index (χ2v) is 6.49. The molecule has 1 fully saturated rings. The van der Waals surface area contributed by atoms with E-state index in [1.54, 1.807) is 0 Å². The van der Waals surface area contributed by atoms with E-state index in [-0.39, 0.29) is 31.7 Å². The molecule has 0 saturated heterocycles. The van der Waals surface area contributed by atoms with Gasteiger partial charge in [-0.15, -0.1) is 0 Å². The fourth-order valence-corrected chi connectivity index (χ4v) is 3.27. The molecular formula is C19H17NO6. The predicted molar refractivity (Wildman–Crippen MR) is 90.5 cm³/mol. The summed E-state index contributed by atoms with van der Waals surface area (Å²) in [5.41, 5.74) is 1.34. The third-order valence-electron chi connectivity index (χ3n) is 4.81. The maximum atomic E-state index is 12.7. The molecule has 1 aliphatic carbocycles.